The number of carboxylic acid groups (broad SMARTS) is 1. The Balaban J connectivity index is 1.86. The topological polar surface area (TPSA) is 84.7 Å². The Labute approximate surface area is 149 Å². The van der Waals surface area contributed by atoms with Gasteiger partial charge in [0.25, 0.3) is 5.91 Å². The monoisotopic (exact) mass is 363 g/mol. The molecule has 1 atom stereocenters. The molecule has 1 aliphatic rings. The first-order valence-corrected chi connectivity index (χ1v) is 8.26. The van der Waals surface area contributed by atoms with Gasteiger partial charge in [-0.05, 0) is 31.2 Å². The number of aliphatic carboxylic acids is 1. The molecule has 0 bridgehead atoms. The van der Waals surface area contributed by atoms with Gasteiger partial charge in [-0.1, -0.05) is 11.6 Å². The molecule has 3 rings (SSSR count). The van der Waals surface area contributed by atoms with E-state index in [0.29, 0.717) is 29.4 Å². The molecule has 2 heterocycles. The van der Waals surface area contributed by atoms with Gasteiger partial charge >= 0.3 is 5.97 Å². The molecule has 1 amide bonds. The van der Waals surface area contributed by atoms with Crippen molar-refractivity contribution in [1.29, 1.82) is 0 Å². The van der Waals surface area contributed by atoms with Gasteiger partial charge in [-0.25, -0.2) is 4.68 Å². The lowest BCUT2D eigenvalue weighted by atomic mass is 10.1. The van der Waals surface area contributed by atoms with Crippen LogP contribution in [0.3, 0.4) is 0 Å². The third kappa shape index (κ3) is 3.83. The lowest BCUT2D eigenvalue weighted by molar-refractivity contribution is -0.139. The summed E-state index contributed by atoms with van der Waals surface area (Å²) in [5.41, 5.74) is 1.82. The summed E-state index contributed by atoms with van der Waals surface area (Å²) in [6.07, 6.45) is 1.52. The number of aromatic nitrogens is 2. The summed E-state index contributed by atoms with van der Waals surface area (Å²) >= 11 is 5.89. The highest BCUT2D eigenvalue weighted by atomic mass is 35.5. The maximum atomic E-state index is 12.9. The Morgan fingerprint density at radius 3 is 2.76 bits per heavy atom. The Morgan fingerprint density at radius 1 is 1.36 bits per heavy atom. The average Bonchev–Trinajstić information content (AvgIpc) is 2.96. The van der Waals surface area contributed by atoms with Gasteiger partial charge in [0, 0.05) is 17.8 Å². The Kier molecular flexibility index (Phi) is 5.06. The standard InChI is InChI=1S/C17H18ClN3O4/c1-11-15(9-21(19-11)13-4-2-12(18)3-5-13)17(24)20-6-7-25-10-14(20)8-16(22)23/h2-5,9,14H,6-8,10H2,1H3,(H,22,23). The molecule has 1 unspecified atom stereocenters. The number of ether oxygens (including phenoxy) is 1. The van der Waals surface area contributed by atoms with Crippen LogP contribution >= 0.6 is 11.6 Å². The van der Waals surface area contributed by atoms with Gasteiger partial charge in [0.1, 0.15) is 0 Å². The quantitative estimate of drug-likeness (QED) is 0.899. The van der Waals surface area contributed by atoms with Gasteiger partial charge in [0.2, 0.25) is 0 Å². The summed E-state index contributed by atoms with van der Waals surface area (Å²) < 4.78 is 6.94. The highest BCUT2D eigenvalue weighted by molar-refractivity contribution is 6.30. The smallest absolute Gasteiger partial charge is 0.305 e. The number of carbonyl (C=O) groups excluding carboxylic acids is 1. The van der Waals surface area contributed by atoms with Crippen molar-refractivity contribution in [2.24, 2.45) is 0 Å². The third-order valence-corrected chi connectivity index (χ3v) is 4.37. The fourth-order valence-corrected chi connectivity index (χ4v) is 2.97. The maximum Gasteiger partial charge on any atom is 0.305 e. The van der Waals surface area contributed by atoms with Crippen LogP contribution in [0.1, 0.15) is 22.5 Å². The van der Waals surface area contributed by atoms with E-state index in [1.165, 1.54) is 0 Å². The van der Waals surface area contributed by atoms with Crippen LogP contribution in [-0.4, -0.2) is 57.5 Å². The summed E-state index contributed by atoms with van der Waals surface area (Å²) in [4.78, 5) is 25.5. The SMILES string of the molecule is Cc1nn(-c2ccc(Cl)cc2)cc1C(=O)N1CCOCC1CC(=O)O. The first-order valence-electron chi connectivity index (χ1n) is 7.88. The van der Waals surface area contributed by atoms with E-state index in [4.69, 9.17) is 21.4 Å². The lowest BCUT2D eigenvalue weighted by Crippen LogP contribution is -2.49. The average molecular weight is 364 g/mol. The number of benzene rings is 1. The Hall–Kier alpha value is -2.38. The number of hydrogen-bond acceptors (Lipinski definition) is 4. The minimum Gasteiger partial charge on any atom is -0.481 e. The molecule has 132 valence electrons. The lowest BCUT2D eigenvalue weighted by Gasteiger charge is -2.34. The highest BCUT2D eigenvalue weighted by Crippen LogP contribution is 2.19. The van der Waals surface area contributed by atoms with E-state index in [1.807, 2.05) is 12.1 Å². The van der Waals surface area contributed by atoms with Crippen LogP contribution in [0.15, 0.2) is 30.5 Å². The van der Waals surface area contributed by atoms with Crippen molar-refractivity contribution in [2.45, 2.75) is 19.4 Å². The summed E-state index contributed by atoms with van der Waals surface area (Å²) in [5.74, 6) is -1.19. The fraction of sp³-hybridized carbons (Fsp3) is 0.353. The molecule has 0 aliphatic carbocycles. The summed E-state index contributed by atoms with van der Waals surface area (Å²) in [7, 11) is 0. The molecule has 2 aromatic rings. The maximum absolute atomic E-state index is 12.9. The minimum atomic E-state index is -0.957. The van der Waals surface area contributed by atoms with Gasteiger partial charge in [0.15, 0.2) is 0 Å². The molecule has 1 aliphatic heterocycles. The molecule has 1 N–H and O–H groups in total. The normalized spacial score (nSPS) is 17.5. The van der Waals surface area contributed by atoms with Crippen LogP contribution in [-0.2, 0) is 9.53 Å². The van der Waals surface area contributed by atoms with E-state index in [-0.39, 0.29) is 18.9 Å². The first kappa shape index (κ1) is 17.4. The molecular weight excluding hydrogens is 346 g/mol. The summed E-state index contributed by atoms with van der Waals surface area (Å²) in [6.45, 7) is 2.74. The van der Waals surface area contributed by atoms with E-state index in [0.717, 1.165) is 5.69 Å². The molecule has 8 heteroatoms. The number of carboxylic acids is 1. The predicted molar refractivity (Wildman–Crippen MR) is 91.2 cm³/mol. The Morgan fingerprint density at radius 2 is 2.08 bits per heavy atom. The van der Waals surface area contributed by atoms with E-state index in [1.54, 1.807) is 34.8 Å². The molecular formula is C17H18ClN3O4. The predicted octanol–water partition coefficient (Wildman–Crippen LogP) is 2.15. The number of nitrogens with zero attached hydrogens (tertiary/aromatic N) is 3. The number of hydrogen-bond donors (Lipinski definition) is 1. The number of aryl methyl sites for hydroxylation is 1. The zero-order valence-electron chi connectivity index (χ0n) is 13.7. The second-order valence-electron chi connectivity index (χ2n) is 5.87. The number of rotatable bonds is 4. The van der Waals surface area contributed by atoms with Crippen molar-refractivity contribution >= 4 is 23.5 Å². The van der Waals surface area contributed by atoms with Crippen LogP contribution in [0.25, 0.3) is 5.69 Å². The number of halogens is 1. The molecule has 0 saturated carbocycles. The fourth-order valence-electron chi connectivity index (χ4n) is 2.84. The summed E-state index contributed by atoms with van der Waals surface area (Å²) in [5, 5.41) is 14.1. The van der Waals surface area contributed by atoms with Crippen LogP contribution in [0, 0.1) is 6.92 Å². The molecule has 1 fully saturated rings. The van der Waals surface area contributed by atoms with Gasteiger partial charge in [-0.3, -0.25) is 9.59 Å². The second-order valence-corrected chi connectivity index (χ2v) is 6.31. The second kappa shape index (κ2) is 7.25. The zero-order valence-corrected chi connectivity index (χ0v) is 14.4. The van der Waals surface area contributed by atoms with Crippen LogP contribution < -0.4 is 0 Å². The molecule has 0 radical (unpaired) electrons. The molecule has 25 heavy (non-hydrogen) atoms. The molecule has 1 saturated heterocycles. The number of carbonyl (C=O) groups is 2. The van der Waals surface area contributed by atoms with Crippen molar-refractivity contribution in [2.75, 3.05) is 19.8 Å². The molecule has 7 nitrogen and oxygen atoms in total. The van der Waals surface area contributed by atoms with Gasteiger partial charge < -0.3 is 14.7 Å². The van der Waals surface area contributed by atoms with Gasteiger partial charge in [0.05, 0.1) is 42.6 Å². The van der Waals surface area contributed by atoms with Crippen LogP contribution in [0.2, 0.25) is 5.02 Å². The van der Waals surface area contributed by atoms with Crippen LogP contribution in [0.5, 0.6) is 0 Å². The van der Waals surface area contributed by atoms with E-state index in [9.17, 15) is 9.59 Å². The van der Waals surface area contributed by atoms with Crippen molar-refractivity contribution in [3.8, 4) is 5.69 Å². The zero-order chi connectivity index (χ0) is 18.0. The van der Waals surface area contributed by atoms with Crippen molar-refractivity contribution in [3.63, 3.8) is 0 Å². The van der Waals surface area contributed by atoms with Gasteiger partial charge in [-0.2, -0.15) is 5.10 Å². The number of morpholine rings is 1. The van der Waals surface area contributed by atoms with Crippen molar-refractivity contribution in [3.05, 3.63) is 46.7 Å². The molecule has 1 aromatic heterocycles. The molecule has 1 aromatic carbocycles. The van der Waals surface area contributed by atoms with Crippen molar-refractivity contribution in [1.82, 2.24) is 14.7 Å². The van der Waals surface area contributed by atoms with E-state index in [2.05, 4.69) is 5.10 Å². The van der Waals surface area contributed by atoms with Gasteiger partial charge in [-0.15, -0.1) is 0 Å². The third-order valence-electron chi connectivity index (χ3n) is 4.12. The van der Waals surface area contributed by atoms with E-state index >= 15 is 0 Å². The van der Waals surface area contributed by atoms with Crippen LogP contribution in [0.4, 0.5) is 0 Å². The summed E-state index contributed by atoms with van der Waals surface area (Å²) in [6, 6.07) is 6.65. The minimum absolute atomic E-state index is 0.143. The molecule has 0 spiro atoms. The number of amides is 1. The van der Waals surface area contributed by atoms with Crippen molar-refractivity contribution < 1.29 is 19.4 Å². The highest BCUT2D eigenvalue weighted by Gasteiger charge is 2.31. The van der Waals surface area contributed by atoms with E-state index < -0.39 is 12.0 Å². The largest absolute Gasteiger partial charge is 0.481 e. The first-order chi connectivity index (χ1) is 12.0. The Bertz CT molecular complexity index is 788.